The van der Waals surface area contributed by atoms with E-state index in [9.17, 15) is 24.3 Å². The number of aryl methyl sites for hydroxylation is 1. The molecule has 0 aliphatic carbocycles. The average molecular weight is 558 g/mol. The molecular weight excluding hydrogens is 522 g/mol. The van der Waals surface area contributed by atoms with E-state index in [1.165, 1.54) is 4.90 Å². The van der Waals surface area contributed by atoms with Crippen LogP contribution in [0.4, 0.5) is 27.5 Å². The third kappa shape index (κ3) is 6.49. The summed E-state index contributed by atoms with van der Waals surface area (Å²) in [5.41, 5.74) is 3.90. The summed E-state index contributed by atoms with van der Waals surface area (Å²) in [6, 6.07) is 18.6. The van der Waals surface area contributed by atoms with Crippen molar-refractivity contribution in [3.05, 3.63) is 83.4 Å². The quantitative estimate of drug-likeness (QED) is 0.288. The van der Waals surface area contributed by atoms with E-state index in [0.717, 1.165) is 22.5 Å². The number of hydrogen-bond acceptors (Lipinski definition) is 6. The second-order valence-corrected chi connectivity index (χ2v) is 10.7. The predicted octanol–water partition coefficient (Wildman–Crippen LogP) is 4.96. The molecule has 3 aromatic rings. The average Bonchev–Trinajstić information content (AvgIpc) is 3.04. The Kier molecular flexibility index (Phi) is 8.32. The number of carbonyl (C=O) groups excluding carboxylic acids is 3. The number of benzene rings is 3. The summed E-state index contributed by atoms with van der Waals surface area (Å²) >= 11 is 0. The van der Waals surface area contributed by atoms with Crippen molar-refractivity contribution >= 4 is 46.4 Å². The van der Waals surface area contributed by atoms with Gasteiger partial charge in [0.15, 0.2) is 5.78 Å². The largest absolute Gasteiger partial charge is 0.481 e. The molecule has 4 N–H and O–H groups in total. The maximum Gasteiger partial charge on any atom is 0.323 e. The number of carboxylic acids is 1. The normalized spacial score (nSPS) is 14.8. The highest BCUT2D eigenvalue weighted by Crippen LogP contribution is 2.30. The van der Waals surface area contributed by atoms with E-state index in [-0.39, 0.29) is 24.1 Å². The van der Waals surface area contributed by atoms with Gasteiger partial charge in [-0.25, -0.2) is 4.79 Å². The van der Waals surface area contributed by atoms with Gasteiger partial charge >= 0.3 is 12.0 Å². The molecule has 0 aromatic heterocycles. The van der Waals surface area contributed by atoms with E-state index in [4.69, 9.17) is 0 Å². The van der Waals surface area contributed by atoms with E-state index in [1.54, 1.807) is 37.4 Å². The number of carboxylic acid groups (broad SMARTS) is 1. The summed E-state index contributed by atoms with van der Waals surface area (Å²) in [6.07, 6.45) is -0.368. The third-order valence-corrected chi connectivity index (χ3v) is 7.46. The Hall–Kier alpha value is -4.86. The SMILES string of the molecule is Cc1ccccc1NC(=O)Nc1ccc(N(C)C(C)(C)C(=O)c2ccc3c(c2)N[C@@H](CC(=O)O)C(=O)N(C)C3)cc1. The highest BCUT2D eigenvalue weighted by Gasteiger charge is 2.35. The van der Waals surface area contributed by atoms with Crippen molar-refractivity contribution in [2.24, 2.45) is 0 Å². The maximum atomic E-state index is 13.7. The van der Waals surface area contributed by atoms with Gasteiger partial charge in [0.05, 0.1) is 12.0 Å². The molecular formula is C31H35N5O5. The zero-order valence-electron chi connectivity index (χ0n) is 23.8. The summed E-state index contributed by atoms with van der Waals surface area (Å²) in [5, 5.41) is 18.0. The van der Waals surface area contributed by atoms with Gasteiger partial charge < -0.3 is 30.9 Å². The lowest BCUT2D eigenvalue weighted by molar-refractivity contribution is -0.141. The van der Waals surface area contributed by atoms with Crippen molar-refractivity contribution < 1.29 is 24.3 Å². The summed E-state index contributed by atoms with van der Waals surface area (Å²) in [4.78, 5) is 53.5. The minimum absolute atomic E-state index is 0.150. The molecule has 0 unspecified atom stereocenters. The number of likely N-dealkylation sites (N-methyl/N-ethyl adjacent to an activating group) is 2. The molecule has 0 bridgehead atoms. The standard InChI is InChI=1S/C31H35N5O5/c1-19-8-6-7-9-24(19)34-30(41)32-22-12-14-23(15-13-22)36(5)31(2,3)28(39)20-10-11-21-18-35(4)29(40)26(17-27(37)38)33-25(21)16-20/h6-16,26,33H,17-18H2,1-5H3,(H,37,38)(H2,32,34,41)/t26-/m0/s1. The Morgan fingerprint density at radius 2 is 1.73 bits per heavy atom. The molecule has 0 spiro atoms. The van der Waals surface area contributed by atoms with Crippen molar-refractivity contribution in [3.63, 3.8) is 0 Å². The molecule has 0 fully saturated rings. The van der Waals surface area contributed by atoms with Crippen LogP contribution in [-0.4, -0.2) is 59.4 Å². The number of Topliss-reactive ketones (excluding diaryl/α,β-unsaturated/α-hetero) is 1. The molecule has 41 heavy (non-hydrogen) atoms. The van der Waals surface area contributed by atoms with Crippen LogP contribution >= 0.6 is 0 Å². The number of carbonyl (C=O) groups is 4. The lowest BCUT2D eigenvalue weighted by Crippen LogP contribution is -2.48. The van der Waals surface area contributed by atoms with Crippen LogP contribution in [0.15, 0.2) is 66.7 Å². The van der Waals surface area contributed by atoms with Gasteiger partial charge in [0, 0.05) is 49.0 Å². The molecule has 1 aliphatic heterocycles. The van der Waals surface area contributed by atoms with Crippen LogP contribution in [0.3, 0.4) is 0 Å². The molecule has 0 saturated carbocycles. The van der Waals surface area contributed by atoms with Gasteiger partial charge in [0.1, 0.15) is 6.04 Å². The van der Waals surface area contributed by atoms with Crippen LogP contribution in [0.1, 0.15) is 41.8 Å². The smallest absolute Gasteiger partial charge is 0.323 e. The molecule has 10 nitrogen and oxygen atoms in total. The molecule has 1 atom stereocenters. The number of amides is 3. The summed E-state index contributed by atoms with van der Waals surface area (Å²) in [7, 11) is 3.45. The van der Waals surface area contributed by atoms with Crippen LogP contribution < -0.4 is 20.9 Å². The summed E-state index contributed by atoms with van der Waals surface area (Å²) in [6.45, 7) is 5.86. The first-order chi connectivity index (χ1) is 19.4. The molecule has 3 aromatic carbocycles. The minimum atomic E-state index is -1.09. The molecule has 10 heteroatoms. The van der Waals surface area contributed by atoms with Gasteiger partial charge in [-0.15, -0.1) is 0 Å². The van der Waals surface area contributed by atoms with Crippen LogP contribution in [0, 0.1) is 6.92 Å². The van der Waals surface area contributed by atoms with Crippen LogP contribution in [0.2, 0.25) is 0 Å². The van der Waals surface area contributed by atoms with Gasteiger partial charge in [-0.05, 0) is 68.3 Å². The van der Waals surface area contributed by atoms with E-state index < -0.39 is 17.6 Å². The first-order valence-corrected chi connectivity index (χ1v) is 13.3. The molecule has 0 saturated heterocycles. The molecule has 214 valence electrons. The number of rotatable bonds is 8. The van der Waals surface area contributed by atoms with Crippen molar-refractivity contribution in [3.8, 4) is 0 Å². The predicted molar refractivity (Wildman–Crippen MR) is 160 cm³/mol. The lowest BCUT2D eigenvalue weighted by Gasteiger charge is -2.36. The fraction of sp³-hybridized carbons (Fsp3) is 0.290. The number of nitrogens with zero attached hydrogens (tertiary/aromatic N) is 2. The Morgan fingerprint density at radius 3 is 2.39 bits per heavy atom. The van der Waals surface area contributed by atoms with Crippen LogP contribution in [0.25, 0.3) is 0 Å². The number of fused-ring (bicyclic) bond motifs is 1. The summed E-state index contributed by atoms with van der Waals surface area (Å²) < 4.78 is 0. The molecule has 1 heterocycles. The van der Waals surface area contributed by atoms with Gasteiger partial charge in [0.2, 0.25) is 5.91 Å². The van der Waals surface area contributed by atoms with E-state index >= 15 is 0 Å². The first kappa shape index (κ1) is 29.1. The monoisotopic (exact) mass is 557 g/mol. The number of para-hydroxylation sites is 1. The van der Waals surface area contributed by atoms with Gasteiger partial charge in [0.25, 0.3) is 0 Å². The minimum Gasteiger partial charge on any atom is -0.481 e. The fourth-order valence-corrected chi connectivity index (χ4v) is 4.75. The number of hydrogen-bond donors (Lipinski definition) is 4. The lowest BCUT2D eigenvalue weighted by atomic mass is 9.90. The molecule has 3 amide bonds. The Morgan fingerprint density at radius 1 is 1.05 bits per heavy atom. The molecule has 4 rings (SSSR count). The van der Waals surface area contributed by atoms with E-state index in [1.807, 2.05) is 69.1 Å². The van der Waals surface area contributed by atoms with Gasteiger partial charge in [-0.2, -0.15) is 0 Å². The van der Waals surface area contributed by atoms with Crippen molar-refractivity contribution in [1.29, 1.82) is 0 Å². The zero-order chi connectivity index (χ0) is 29.9. The number of urea groups is 1. The number of aliphatic carboxylic acids is 1. The summed E-state index contributed by atoms with van der Waals surface area (Å²) in [5.74, 6) is -1.55. The van der Waals surface area contributed by atoms with Crippen LogP contribution in [-0.2, 0) is 16.1 Å². The first-order valence-electron chi connectivity index (χ1n) is 13.3. The highest BCUT2D eigenvalue weighted by molar-refractivity contribution is 6.06. The second kappa shape index (κ2) is 11.7. The molecule has 1 aliphatic rings. The van der Waals surface area contributed by atoms with E-state index in [2.05, 4.69) is 16.0 Å². The van der Waals surface area contributed by atoms with Gasteiger partial charge in [-0.1, -0.05) is 30.3 Å². The Labute approximate surface area is 239 Å². The fourth-order valence-electron chi connectivity index (χ4n) is 4.75. The Balaban J connectivity index is 1.48. The maximum absolute atomic E-state index is 13.7. The number of nitrogens with one attached hydrogen (secondary N) is 3. The highest BCUT2D eigenvalue weighted by atomic mass is 16.4. The van der Waals surface area contributed by atoms with Crippen molar-refractivity contribution in [2.45, 2.75) is 45.3 Å². The van der Waals surface area contributed by atoms with Crippen molar-refractivity contribution in [1.82, 2.24) is 4.90 Å². The second-order valence-electron chi connectivity index (χ2n) is 10.7. The number of anilines is 4. The topological polar surface area (TPSA) is 131 Å². The number of ketones is 1. The van der Waals surface area contributed by atoms with E-state index in [0.29, 0.717) is 23.5 Å². The third-order valence-electron chi connectivity index (χ3n) is 7.46. The molecule has 0 radical (unpaired) electrons. The van der Waals surface area contributed by atoms with Crippen molar-refractivity contribution in [2.75, 3.05) is 34.9 Å². The Bertz CT molecular complexity index is 1480. The zero-order valence-corrected chi connectivity index (χ0v) is 23.8. The van der Waals surface area contributed by atoms with Crippen LogP contribution in [0.5, 0.6) is 0 Å². The van der Waals surface area contributed by atoms with Gasteiger partial charge in [-0.3, -0.25) is 14.4 Å².